The molecule has 4 nitrogen and oxygen atoms in total. The normalized spacial score (nSPS) is 10.9. The van der Waals surface area contributed by atoms with Crippen molar-refractivity contribution in [3.05, 3.63) is 59.8 Å². The number of hydrogen-bond acceptors (Lipinski definition) is 3. The molecule has 1 aromatic heterocycles. The van der Waals surface area contributed by atoms with E-state index in [9.17, 15) is 0 Å². The van der Waals surface area contributed by atoms with Crippen molar-refractivity contribution in [1.29, 1.82) is 0 Å². The lowest BCUT2D eigenvalue weighted by molar-refractivity contribution is 0.306. The van der Waals surface area contributed by atoms with E-state index in [2.05, 4.69) is 33.7 Å². The minimum absolute atomic E-state index is 0.579. The minimum Gasteiger partial charge on any atom is -0.489 e. The Morgan fingerprint density at radius 1 is 1.14 bits per heavy atom. The molecule has 0 aliphatic carbocycles. The van der Waals surface area contributed by atoms with E-state index in [-0.39, 0.29) is 0 Å². The molecule has 0 bridgehead atoms. The number of aromatic amines is 1. The van der Waals surface area contributed by atoms with E-state index in [4.69, 9.17) is 4.74 Å². The van der Waals surface area contributed by atoms with Crippen molar-refractivity contribution >= 4 is 10.9 Å². The van der Waals surface area contributed by atoms with E-state index in [1.807, 2.05) is 37.4 Å². The lowest BCUT2D eigenvalue weighted by Crippen LogP contribution is -2.10. The Kier molecular flexibility index (Phi) is 4.17. The van der Waals surface area contributed by atoms with Crippen LogP contribution < -0.4 is 10.1 Å². The number of H-pyrrole nitrogens is 1. The zero-order chi connectivity index (χ0) is 14.5. The second kappa shape index (κ2) is 6.41. The van der Waals surface area contributed by atoms with Gasteiger partial charge in [0.15, 0.2) is 0 Å². The maximum Gasteiger partial charge on any atom is 0.120 e. The number of benzene rings is 2. The molecule has 0 unspecified atom stereocenters. The van der Waals surface area contributed by atoms with Crippen LogP contribution in [0.25, 0.3) is 10.9 Å². The van der Waals surface area contributed by atoms with Gasteiger partial charge < -0.3 is 10.1 Å². The number of fused-ring (bicyclic) bond motifs is 1. The van der Waals surface area contributed by atoms with Crippen LogP contribution in [0.2, 0.25) is 0 Å². The predicted octanol–water partition coefficient (Wildman–Crippen LogP) is 2.90. The molecule has 0 saturated heterocycles. The fourth-order valence-electron chi connectivity index (χ4n) is 2.31. The van der Waals surface area contributed by atoms with Gasteiger partial charge in [0, 0.05) is 24.0 Å². The van der Waals surface area contributed by atoms with Gasteiger partial charge >= 0.3 is 0 Å². The summed E-state index contributed by atoms with van der Waals surface area (Å²) >= 11 is 0. The van der Waals surface area contributed by atoms with Crippen LogP contribution in [-0.2, 0) is 13.0 Å². The quantitative estimate of drug-likeness (QED) is 0.730. The Balaban J connectivity index is 1.76. The Morgan fingerprint density at radius 3 is 2.81 bits per heavy atom. The molecule has 0 atom stereocenters. The van der Waals surface area contributed by atoms with Crippen molar-refractivity contribution in [2.24, 2.45) is 0 Å². The summed E-state index contributed by atoms with van der Waals surface area (Å²) in [7, 11) is 1.95. The third-order valence-corrected chi connectivity index (χ3v) is 3.48. The van der Waals surface area contributed by atoms with Crippen LogP contribution in [0.3, 0.4) is 0 Å². The summed E-state index contributed by atoms with van der Waals surface area (Å²) in [6.45, 7) is 1.50. The number of ether oxygens (including phenoxy) is 1. The second-order valence-corrected chi connectivity index (χ2v) is 5.01. The van der Waals surface area contributed by atoms with Crippen LogP contribution in [0.4, 0.5) is 0 Å². The molecule has 4 heteroatoms. The Morgan fingerprint density at radius 2 is 2.00 bits per heavy atom. The van der Waals surface area contributed by atoms with Crippen LogP contribution in [0.15, 0.2) is 48.5 Å². The first kappa shape index (κ1) is 13.6. The number of rotatable bonds is 6. The Bertz CT molecular complexity index is 706. The van der Waals surface area contributed by atoms with Crippen LogP contribution in [0.5, 0.6) is 5.75 Å². The highest BCUT2D eigenvalue weighted by Crippen LogP contribution is 2.23. The fourth-order valence-corrected chi connectivity index (χ4v) is 2.31. The maximum absolute atomic E-state index is 5.87. The zero-order valence-electron chi connectivity index (χ0n) is 12.1. The first-order valence-corrected chi connectivity index (χ1v) is 7.15. The zero-order valence-corrected chi connectivity index (χ0v) is 12.1. The minimum atomic E-state index is 0.579. The fraction of sp³-hybridized carbons (Fsp3) is 0.235. The highest BCUT2D eigenvalue weighted by Gasteiger charge is 2.06. The summed E-state index contributed by atoms with van der Waals surface area (Å²) in [5, 5.41) is 11.7. The average Bonchev–Trinajstić information content (AvgIpc) is 2.94. The first-order valence-electron chi connectivity index (χ1n) is 7.15. The van der Waals surface area contributed by atoms with Crippen LogP contribution in [-0.4, -0.2) is 23.8 Å². The van der Waals surface area contributed by atoms with Crippen molar-refractivity contribution in [2.45, 2.75) is 13.0 Å². The second-order valence-electron chi connectivity index (χ2n) is 5.01. The molecule has 2 N–H and O–H groups in total. The Hall–Kier alpha value is -2.33. The van der Waals surface area contributed by atoms with E-state index in [1.165, 1.54) is 5.56 Å². The van der Waals surface area contributed by atoms with Crippen molar-refractivity contribution in [1.82, 2.24) is 15.5 Å². The van der Waals surface area contributed by atoms with Gasteiger partial charge in [-0.1, -0.05) is 30.3 Å². The van der Waals surface area contributed by atoms with E-state index in [0.717, 1.165) is 35.3 Å². The molecule has 3 rings (SSSR count). The molecule has 0 aliphatic heterocycles. The van der Waals surface area contributed by atoms with Crippen LogP contribution in [0.1, 0.15) is 11.3 Å². The lowest BCUT2D eigenvalue weighted by atomic mass is 10.1. The molecule has 2 aromatic carbocycles. The molecule has 0 saturated carbocycles. The topological polar surface area (TPSA) is 49.9 Å². The van der Waals surface area contributed by atoms with Gasteiger partial charge in [-0.25, -0.2) is 0 Å². The van der Waals surface area contributed by atoms with Crippen molar-refractivity contribution in [3.8, 4) is 5.75 Å². The SMILES string of the molecule is CNCCc1[nH]nc2ccc(OCc3ccccc3)cc12. The van der Waals surface area contributed by atoms with Gasteiger partial charge in [0.25, 0.3) is 0 Å². The third kappa shape index (κ3) is 3.23. The predicted molar refractivity (Wildman–Crippen MR) is 84.5 cm³/mol. The number of nitrogens with zero attached hydrogens (tertiary/aromatic N) is 1. The van der Waals surface area contributed by atoms with Gasteiger partial charge in [0.1, 0.15) is 12.4 Å². The number of nitrogens with one attached hydrogen (secondary N) is 2. The standard InChI is InChI=1S/C17H19N3O/c1-18-10-9-17-15-11-14(7-8-16(15)19-20-17)21-12-13-5-3-2-4-6-13/h2-8,11,18H,9-10,12H2,1H3,(H,19,20). The molecule has 108 valence electrons. The van der Waals surface area contributed by atoms with E-state index in [0.29, 0.717) is 6.61 Å². The molecule has 3 aromatic rings. The van der Waals surface area contributed by atoms with Crippen molar-refractivity contribution in [2.75, 3.05) is 13.6 Å². The lowest BCUT2D eigenvalue weighted by Gasteiger charge is -2.06. The van der Waals surface area contributed by atoms with Gasteiger partial charge in [-0.2, -0.15) is 5.10 Å². The highest BCUT2D eigenvalue weighted by molar-refractivity contribution is 5.82. The van der Waals surface area contributed by atoms with Gasteiger partial charge in [-0.05, 0) is 30.8 Å². The van der Waals surface area contributed by atoms with Crippen LogP contribution >= 0.6 is 0 Å². The van der Waals surface area contributed by atoms with E-state index >= 15 is 0 Å². The van der Waals surface area contributed by atoms with Gasteiger partial charge in [0.05, 0.1) is 5.52 Å². The molecule has 0 amide bonds. The van der Waals surface area contributed by atoms with Crippen molar-refractivity contribution < 1.29 is 4.74 Å². The third-order valence-electron chi connectivity index (χ3n) is 3.48. The molecule has 21 heavy (non-hydrogen) atoms. The van der Waals surface area contributed by atoms with E-state index in [1.54, 1.807) is 0 Å². The summed E-state index contributed by atoms with van der Waals surface area (Å²) in [6, 6.07) is 16.2. The molecule has 0 fully saturated rings. The van der Waals surface area contributed by atoms with Gasteiger partial charge in [-0.15, -0.1) is 0 Å². The monoisotopic (exact) mass is 281 g/mol. The molecule has 1 heterocycles. The molecule has 0 aliphatic rings. The number of aromatic nitrogens is 2. The number of likely N-dealkylation sites (N-methyl/N-ethyl adjacent to an activating group) is 1. The molecule has 0 radical (unpaired) electrons. The smallest absolute Gasteiger partial charge is 0.120 e. The molecular formula is C17H19N3O. The molecular weight excluding hydrogens is 262 g/mol. The first-order chi connectivity index (χ1) is 10.4. The van der Waals surface area contributed by atoms with E-state index < -0.39 is 0 Å². The van der Waals surface area contributed by atoms with Crippen LogP contribution in [0, 0.1) is 0 Å². The van der Waals surface area contributed by atoms with Crippen molar-refractivity contribution in [3.63, 3.8) is 0 Å². The summed E-state index contributed by atoms with van der Waals surface area (Å²) in [6.07, 6.45) is 0.926. The maximum atomic E-state index is 5.87. The summed E-state index contributed by atoms with van der Waals surface area (Å²) in [5.74, 6) is 0.874. The average molecular weight is 281 g/mol. The molecule has 0 spiro atoms. The summed E-state index contributed by atoms with van der Waals surface area (Å²) in [4.78, 5) is 0. The summed E-state index contributed by atoms with van der Waals surface area (Å²) < 4.78 is 5.87. The Labute approximate surface area is 124 Å². The largest absolute Gasteiger partial charge is 0.489 e. The van der Waals surface area contributed by atoms with Gasteiger partial charge in [0.2, 0.25) is 0 Å². The number of hydrogen-bond donors (Lipinski definition) is 2. The summed E-state index contributed by atoms with van der Waals surface area (Å²) in [5.41, 5.74) is 3.29. The van der Waals surface area contributed by atoms with Gasteiger partial charge in [-0.3, -0.25) is 5.10 Å². The highest BCUT2D eigenvalue weighted by atomic mass is 16.5.